The lowest BCUT2D eigenvalue weighted by molar-refractivity contribution is 0.414. The monoisotopic (exact) mass is 340 g/mol. The predicted octanol–water partition coefficient (Wildman–Crippen LogP) is 3.71. The molecule has 4 rings (SSSR count). The summed E-state index contributed by atoms with van der Waals surface area (Å²) in [6.45, 7) is 0. The number of thiocarbonyl (C=S) groups is 1. The van der Waals surface area contributed by atoms with Gasteiger partial charge in [-0.05, 0) is 66.0 Å². The van der Waals surface area contributed by atoms with Gasteiger partial charge in [0.1, 0.15) is 11.6 Å². The summed E-state index contributed by atoms with van der Waals surface area (Å²) in [5.74, 6) is 0.593. The molecule has 1 aliphatic heterocycles. The highest BCUT2D eigenvalue weighted by molar-refractivity contribution is 7.80. The molecule has 0 saturated heterocycles. The van der Waals surface area contributed by atoms with E-state index >= 15 is 0 Å². The third-order valence-corrected chi connectivity index (χ3v) is 4.86. The molecule has 1 heterocycles. The van der Waals surface area contributed by atoms with Gasteiger partial charge in [-0.25, -0.2) is 4.39 Å². The molecular formula is C19H17FN2OS. The molecule has 0 aromatic heterocycles. The Labute approximate surface area is 145 Å². The summed E-state index contributed by atoms with van der Waals surface area (Å²) in [7, 11) is 1.67. The molecule has 1 aliphatic carbocycles. The number of aryl methyl sites for hydroxylation is 1. The number of hydrogen-bond acceptors (Lipinski definition) is 2. The Morgan fingerprint density at radius 1 is 1.12 bits per heavy atom. The van der Waals surface area contributed by atoms with Crippen LogP contribution in [0.2, 0.25) is 0 Å². The summed E-state index contributed by atoms with van der Waals surface area (Å²) in [5.41, 5.74) is 5.72. The molecule has 122 valence electrons. The fourth-order valence-electron chi connectivity index (χ4n) is 3.44. The molecule has 24 heavy (non-hydrogen) atoms. The Balaban J connectivity index is 1.83. The highest BCUT2D eigenvalue weighted by atomic mass is 32.1. The lowest BCUT2D eigenvalue weighted by Crippen LogP contribution is -2.44. The number of rotatable bonds is 2. The topological polar surface area (TPSA) is 33.3 Å². The van der Waals surface area contributed by atoms with Crippen molar-refractivity contribution in [2.75, 3.05) is 7.11 Å². The van der Waals surface area contributed by atoms with E-state index in [1.54, 1.807) is 7.11 Å². The van der Waals surface area contributed by atoms with Gasteiger partial charge >= 0.3 is 0 Å². The molecule has 0 amide bonds. The minimum absolute atomic E-state index is 0.0336. The van der Waals surface area contributed by atoms with Crippen molar-refractivity contribution >= 4 is 23.0 Å². The maximum absolute atomic E-state index is 13.3. The maximum Gasteiger partial charge on any atom is 0.171 e. The average Bonchev–Trinajstić information content (AvgIpc) is 2.61. The molecular weight excluding hydrogens is 323 g/mol. The Bertz CT molecular complexity index is 845. The van der Waals surface area contributed by atoms with Crippen LogP contribution < -0.4 is 15.4 Å². The van der Waals surface area contributed by atoms with Gasteiger partial charge in [0.25, 0.3) is 0 Å². The fourth-order valence-corrected chi connectivity index (χ4v) is 3.66. The number of benzene rings is 2. The van der Waals surface area contributed by atoms with Crippen LogP contribution >= 0.6 is 12.2 Å². The minimum atomic E-state index is -0.233. The van der Waals surface area contributed by atoms with Crippen LogP contribution in [0, 0.1) is 5.82 Å². The number of nitrogens with one attached hydrogen (secondary N) is 2. The van der Waals surface area contributed by atoms with Crippen molar-refractivity contribution in [3.8, 4) is 5.75 Å². The van der Waals surface area contributed by atoms with Crippen LogP contribution in [0.5, 0.6) is 5.75 Å². The number of methoxy groups -OCH3 is 1. The van der Waals surface area contributed by atoms with Crippen molar-refractivity contribution in [2.45, 2.75) is 18.9 Å². The summed E-state index contributed by atoms with van der Waals surface area (Å²) in [6, 6.07) is 12.7. The Morgan fingerprint density at radius 2 is 1.92 bits per heavy atom. The molecule has 0 fully saturated rings. The third-order valence-electron chi connectivity index (χ3n) is 4.64. The number of fused-ring (bicyclic) bond motifs is 2. The predicted molar refractivity (Wildman–Crippen MR) is 96.2 cm³/mol. The summed E-state index contributed by atoms with van der Waals surface area (Å²) >= 11 is 5.41. The van der Waals surface area contributed by atoms with E-state index < -0.39 is 0 Å². The number of halogens is 1. The Hall–Kier alpha value is -2.40. The van der Waals surface area contributed by atoms with Gasteiger partial charge < -0.3 is 15.4 Å². The number of hydrogen-bond donors (Lipinski definition) is 2. The zero-order chi connectivity index (χ0) is 16.7. The van der Waals surface area contributed by atoms with Gasteiger partial charge in [0, 0.05) is 11.3 Å². The van der Waals surface area contributed by atoms with Gasteiger partial charge in [-0.3, -0.25) is 0 Å². The van der Waals surface area contributed by atoms with E-state index in [4.69, 9.17) is 17.0 Å². The zero-order valence-corrected chi connectivity index (χ0v) is 14.0. The Kier molecular flexibility index (Phi) is 3.73. The van der Waals surface area contributed by atoms with Crippen LogP contribution in [0.1, 0.15) is 29.2 Å². The summed E-state index contributed by atoms with van der Waals surface area (Å²) in [4.78, 5) is 0. The molecule has 2 aromatic carbocycles. The number of ether oxygens (including phenoxy) is 1. The van der Waals surface area contributed by atoms with Gasteiger partial charge in [-0.1, -0.05) is 18.2 Å². The van der Waals surface area contributed by atoms with Crippen LogP contribution in [0.3, 0.4) is 0 Å². The van der Waals surface area contributed by atoms with Gasteiger partial charge in [0.05, 0.1) is 13.2 Å². The van der Waals surface area contributed by atoms with E-state index in [1.165, 1.54) is 23.3 Å². The van der Waals surface area contributed by atoms with E-state index in [0.29, 0.717) is 5.11 Å². The summed E-state index contributed by atoms with van der Waals surface area (Å²) in [5, 5.41) is 7.21. The van der Waals surface area contributed by atoms with E-state index in [0.717, 1.165) is 35.4 Å². The molecule has 1 atom stereocenters. The highest BCUT2D eigenvalue weighted by Gasteiger charge is 2.30. The lowest BCUT2D eigenvalue weighted by atomic mass is 9.83. The first-order chi connectivity index (χ1) is 11.7. The van der Waals surface area contributed by atoms with E-state index in [1.807, 2.05) is 24.3 Å². The smallest absolute Gasteiger partial charge is 0.171 e. The zero-order valence-electron chi connectivity index (χ0n) is 13.2. The van der Waals surface area contributed by atoms with E-state index in [9.17, 15) is 4.39 Å². The molecule has 0 saturated carbocycles. The van der Waals surface area contributed by atoms with Gasteiger partial charge in [0.15, 0.2) is 5.11 Å². The maximum atomic E-state index is 13.3. The fraction of sp³-hybridized carbons (Fsp3) is 0.211. The normalized spacial score (nSPS) is 19.1. The standard InChI is InChI=1S/C19H17FN2OS/c1-23-14-8-4-11-5-9-15-17(12-2-6-13(20)7-3-12)21-19(24)22-18(15)16(11)10-14/h2-4,6-8,10,17H,5,9H2,1H3,(H2,21,22,24)/t17-/m0/s1. The second kappa shape index (κ2) is 5.91. The van der Waals surface area contributed by atoms with Gasteiger partial charge in [-0.2, -0.15) is 0 Å². The Morgan fingerprint density at radius 3 is 2.67 bits per heavy atom. The van der Waals surface area contributed by atoms with Crippen molar-refractivity contribution < 1.29 is 9.13 Å². The van der Waals surface area contributed by atoms with Crippen LogP contribution in [-0.4, -0.2) is 12.2 Å². The second-order valence-electron chi connectivity index (χ2n) is 6.01. The molecule has 0 unspecified atom stereocenters. The first-order valence-corrected chi connectivity index (χ1v) is 8.30. The van der Waals surface area contributed by atoms with Crippen molar-refractivity contribution in [3.63, 3.8) is 0 Å². The lowest BCUT2D eigenvalue weighted by Gasteiger charge is -2.36. The molecule has 3 nitrogen and oxygen atoms in total. The minimum Gasteiger partial charge on any atom is -0.497 e. The highest BCUT2D eigenvalue weighted by Crippen LogP contribution is 2.39. The van der Waals surface area contributed by atoms with Crippen molar-refractivity contribution in [1.82, 2.24) is 10.6 Å². The average molecular weight is 340 g/mol. The molecule has 0 spiro atoms. The first-order valence-electron chi connectivity index (χ1n) is 7.89. The SMILES string of the molecule is COc1ccc2c(c1)C1=C(CC2)[C@H](c2ccc(F)cc2)NC(=S)N1. The molecule has 5 heteroatoms. The quantitative estimate of drug-likeness (QED) is 0.817. The van der Waals surface area contributed by atoms with Crippen molar-refractivity contribution in [2.24, 2.45) is 0 Å². The molecule has 2 aliphatic rings. The largest absolute Gasteiger partial charge is 0.497 e. The second-order valence-corrected chi connectivity index (χ2v) is 6.41. The van der Waals surface area contributed by atoms with Crippen molar-refractivity contribution in [3.05, 3.63) is 70.5 Å². The third kappa shape index (κ3) is 2.55. The summed E-state index contributed by atoms with van der Waals surface area (Å²) in [6.07, 6.45) is 1.89. The summed E-state index contributed by atoms with van der Waals surface area (Å²) < 4.78 is 18.6. The van der Waals surface area contributed by atoms with Crippen molar-refractivity contribution in [1.29, 1.82) is 0 Å². The molecule has 0 bridgehead atoms. The molecule has 2 N–H and O–H groups in total. The van der Waals surface area contributed by atoms with Gasteiger partial charge in [0.2, 0.25) is 0 Å². The van der Waals surface area contributed by atoms with E-state index in [2.05, 4.69) is 16.7 Å². The van der Waals surface area contributed by atoms with E-state index in [-0.39, 0.29) is 11.9 Å². The molecule has 0 radical (unpaired) electrons. The van der Waals surface area contributed by atoms with Crippen LogP contribution in [0.4, 0.5) is 4.39 Å². The van der Waals surface area contributed by atoms with Crippen LogP contribution in [-0.2, 0) is 6.42 Å². The molecule has 2 aromatic rings. The first kappa shape index (κ1) is 15.1. The van der Waals surface area contributed by atoms with Gasteiger partial charge in [-0.15, -0.1) is 0 Å². The van der Waals surface area contributed by atoms with Crippen LogP contribution in [0.25, 0.3) is 5.70 Å². The van der Waals surface area contributed by atoms with Crippen LogP contribution in [0.15, 0.2) is 48.0 Å².